The first-order valence-corrected chi connectivity index (χ1v) is 6.87. The van der Waals surface area contributed by atoms with Crippen LogP contribution in [-0.2, 0) is 15.3 Å². The highest BCUT2D eigenvalue weighted by Crippen LogP contribution is 2.39. The fourth-order valence-electron chi connectivity index (χ4n) is 2.62. The maximum atomic E-state index is 6.13. The Morgan fingerprint density at radius 1 is 0.857 bits per heavy atom. The van der Waals surface area contributed by atoms with Crippen LogP contribution in [0.25, 0.3) is 0 Å². The van der Waals surface area contributed by atoms with Gasteiger partial charge in [-0.25, -0.2) is 0 Å². The first-order valence-electron chi connectivity index (χ1n) is 6.87. The molecule has 111 valence electrons. The van der Waals surface area contributed by atoms with E-state index in [4.69, 9.17) is 14.2 Å². The summed E-state index contributed by atoms with van der Waals surface area (Å²) in [7, 11) is 3.25. The van der Waals surface area contributed by atoms with Gasteiger partial charge in [-0.3, -0.25) is 0 Å². The number of rotatable bonds is 6. The van der Waals surface area contributed by atoms with E-state index in [1.807, 2.05) is 68.4 Å². The lowest BCUT2D eigenvalue weighted by Crippen LogP contribution is -2.54. The largest absolute Gasteiger partial charge is 0.482 e. The van der Waals surface area contributed by atoms with Crippen LogP contribution in [0.4, 0.5) is 0 Å². The van der Waals surface area contributed by atoms with Crippen molar-refractivity contribution >= 4 is 0 Å². The molecule has 0 aliphatic heterocycles. The van der Waals surface area contributed by atoms with Crippen LogP contribution in [0.2, 0.25) is 0 Å². The summed E-state index contributed by atoms with van der Waals surface area (Å²) in [6, 6.07) is 20.1. The van der Waals surface area contributed by atoms with Crippen LogP contribution in [0.5, 0.6) is 5.75 Å². The van der Waals surface area contributed by atoms with Crippen LogP contribution in [0, 0.1) is 6.07 Å². The molecule has 0 saturated carbocycles. The van der Waals surface area contributed by atoms with Crippen LogP contribution < -0.4 is 4.74 Å². The lowest BCUT2D eigenvalue weighted by molar-refractivity contribution is -0.293. The Bertz CT molecular complexity index is 545. The van der Waals surface area contributed by atoms with Gasteiger partial charge >= 0.3 is 0 Å². The summed E-state index contributed by atoms with van der Waals surface area (Å²) in [5, 5.41) is 0. The van der Waals surface area contributed by atoms with Crippen molar-refractivity contribution in [3.8, 4) is 5.75 Å². The third-order valence-electron chi connectivity index (χ3n) is 3.58. The van der Waals surface area contributed by atoms with Gasteiger partial charge in [0, 0.05) is 19.8 Å². The summed E-state index contributed by atoms with van der Waals surface area (Å²) in [4.78, 5) is 0. The van der Waals surface area contributed by atoms with E-state index >= 15 is 0 Å². The molecule has 2 rings (SSSR count). The highest BCUT2D eigenvalue weighted by molar-refractivity contribution is 5.27. The third-order valence-corrected chi connectivity index (χ3v) is 3.58. The van der Waals surface area contributed by atoms with Crippen molar-refractivity contribution in [2.75, 3.05) is 14.2 Å². The highest BCUT2D eigenvalue weighted by Gasteiger charge is 2.50. The second-order valence-electron chi connectivity index (χ2n) is 5.24. The summed E-state index contributed by atoms with van der Waals surface area (Å²) in [6.07, 6.45) is 0. The molecular formula is C18H21O3. The number of ether oxygens (including phenoxy) is 3. The van der Waals surface area contributed by atoms with Gasteiger partial charge in [0.1, 0.15) is 5.75 Å². The van der Waals surface area contributed by atoms with Gasteiger partial charge in [-0.05, 0) is 32.0 Å². The molecule has 0 aliphatic rings. The lowest BCUT2D eigenvalue weighted by atomic mass is 9.89. The van der Waals surface area contributed by atoms with E-state index in [1.54, 1.807) is 14.2 Å². The first kappa shape index (κ1) is 15.5. The monoisotopic (exact) mass is 285 g/mol. The van der Waals surface area contributed by atoms with E-state index in [0.29, 0.717) is 0 Å². The van der Waals surface area contributed by atoms with Crippen LogP contribution in [0.1, 0.15) is 19.4 Å². The molecule has 0 amide bonds. The third kappa shape index (κ3) is 2.94. The number of methoxy groups -OCH3 is 2. The Hall–Kier alpha value is -1.84. The average molecular weight is 285 g/mol. The van der Waals surface area contributed by atoms with E-state index in [-0.39, 0.29) is 0 Å². The van der Waals surface area contributed by atoms with Crippen molar-refractivity contribution in [3.63, 3.8) is 0 Å². The molecule has 2 aromatic rings. The molecule has 3 heteroatoms. The summed E-state index contributed by atoms with van der Waals surface area (Å²) in [5.41, 5.74) is 0.168. The van der Waals surface area contributed by atoms with Gasteiger partial charge in [-0.2, -0.15) is 0 Å². The standard InChI is InChI=1S/C18H21O3/c1-17(2,21-16-13-9-6-10-14-16)18(19-3,20-4)15-11-7-5-8-12-15/h5,7-14H,1-4H3. The number of benzene rings is 2. The summed E-state index contributed by atoms with van der Waals surface area (Å²) < 4.78 is 17.6. The first-order chi connectivity index (χ1) is 10.1. The van der Waals surface area contributed by atoms with E-state index in [9.17, 15) is 0 Å². The number of hydrogen-bond acceptors (Lipinski definition) is 3. The van der Waals surface area contributed by atoms with Crippen molar-refractivity contribution in [1.82, 2.24) is 0 Å². The molecule has 1 radical (unpaired) electrons. The maximum absolute atomic E-state index is 6.13. The lowest BCUT2D eigenvalue weighted by Gasteiger charge is -2.44. The van der Waals surface area contributed by atoms with Gasteiger partial charge < -0.3 is 14.2 Å². The van der Waals surface area contributed by atoms with Crippen LogP contribution in [0.3, 0.4) is 0 Å². The van der Waals surface area contributed by atoms with Gasteiger partial charge in [0.15, 0.2) is 5.60 Å². The summed E-state index contributed by atoms with van der Waals surface area (Å²) in [6.45, 7) is 3.90. The predicted octanol–water partition coefficient (Wildman–Crippen LogP) is 3.79. The van der Waals surface area contributed by atoms with Gasteiger partial charge in [0.25, 0.3) is 0 Å². The van der Waals surface area contributed by atoms with Crippen molar-refractivity contribution in [2.45, 2.75) is 25.2 Å². The van der Waals surface area contributed by atoms with E-state index < -0.39 is 11.4 Å². The predicted molar refractivity (Wildman–Crippen MR) is 82.1 cm³/mol. The van der Waals surface area contributed by atoms with Gasteiger partial charge in [0.05, 0.1) is 0 Å². The Balaban J connectivity index is 2.41. The molecule has 0 atom stereocenters. The molecular weight excluding hydrogens is 264 g/mol. The van der Waals surface area contributed by atoms with Gasteiger partial charge in [-0.15, -0.1) is 0 Å². The van der Waals surface area contributed by atoms with Crippen molar-refractivity contribution in [3.05, 3.63) is 66.2 Å². The zero-order valence-corrected chi connectivity index (χ0v) is 12.9. The normalized spacial score (nSPS) is 12.2. The SMILES string of the molecule is COC(OC)(c1ccccc1)C(C)(C)Oc1cc[c]cc1. The molecule has 0 N–H and O–H groups in total. The van der Waals surface area contributed by atoms with E-state index in [0.717, 1.165) is 11.3 Å². The van der Waals surface area contributed by atoms with E-state index in [1.165, 1.54) is 0 Å². The average Bonchev–Trinajstić information content (AvgIpc) is 2.50. The van der Waals surface area contributed by atoms with Gasteiger partial charge in [-0.1, -0.05) is 42.5 Å². The minimum atomic E-state index is -1.01. The molecule has 0 spiro atoms. The molecule has 0 aromatic heterocycles. The zero-order valence-electron chi connectivity index (χ0n) is 12.9. The second-order valence-corrected chi connectivity index (χ2v) is 5.24. The molecule has 0 bridgehead atoms. The van der Waals surface area contributed by atoms with E-state index in [2.05, 4.69) is 6.07 Å². The van der Waals surface area contributed by atoms with Crippen LogP contribution in [-0.4, -0.2) is 19.8 Å². The number of hydrogen-bond donors (Lipinski definition) is 0. The Morgan fingerprint density at radius 2 is 1.43 bits per heavy atom. The second kappa shape index (κ2) is 6.29. The van der Waals surface area contributed by atoms with Gasteiger partial charge in [0.2, 0.25) is 5.79 Å². The van der Waals surface area contributed by atoms with Crippen molar-refractivity contribution < 1.29 is 14.2 Å². The molecule has 0 heterocycles. The Labute approximate surface area is 126 Å². The topological polar surface area (TPSA) is 27.7 Å². The molecule has 0 unspecified atom stereocenters. The summed E-state index contributed by atoms with van der Waals surface area (Å²) in [5.74, 6) is -0.262. The molecule has 0 fully saturated rings. The summed E-state index contributed by atoms with van der Waals surface area (Å²) >= 11 is 0. The molecule has 2 aromatic carbocycles. The Morgan fingerprint density at radius 3 is 1.95 bits per heavy atom. The molecule has 0 aliphatic carbocycles. The zero-order chi connectivity index (χ0) is 15.3. The Kier molecular flexibility index (Phi) is 4.66. The fourth-order valence-corrected chi connectivity index (χ4v) is 2.62. The van der Waals surface area contributed by atoms with Crippen LogP contribution >= 0.6 is 0 Å². The molecule has 21 heavy (non-hydrogen) atoms. The molecule has 3 nitrogen and oxygen atoms in total. The molecule has 0 saturated heterocycles. The quantitative estimate of drug-likeness (QED) is 0.756. The maximum Gasteiger partial charge on any atom is 0.235 e. The van der Waals surface area contributed by atoms with Crippen molar-refractivity contribution in [1.29, 1.82) is 0 Å². The highest BCUT2D eigenvalue weighted by atomic mass is 16.7. The minimum Gasteiger partial charge on any atom is -0.482 e. The van der Waals surface area contributed by atoms with Crippen LogP contribution in [0.15, 0.2) is 54.6 Å². The smallest absolute Gasteiger partial charge is 0.235 e. The minimum absolute atomic E-state index is 0.737. The fraction of sp³-hybridized carbons (Fsp3) is 0.333. The van der Waals surface area contributed by atoms with Crippen molar-refractivity contribution in [2.24, 2.45) is 0 Å².